The summed E-state index contributed by atoms with van der Waals surface area (Å²) in [7, 11) is 2.08. The van der Waals surface area contributed by atoms with Gasteiger partial charge in [-0.25, -0.2) is 9.18 Å². The fraction of sp³-hybridized carbons (Fsp3) is 0.533. The number of rotatable bonds is 2. The lowest BCUT2D eigenvalue weighted by molar-refractivity contribution is -0.0132. The first kappa shape index (κ1) is 13.4. The molecule has 0 bridgehead atoms. The van der Waals surface area contributed by atoms with Gasteiger partial charge in [0.15, 0.2) is 0 Å². The zero-order valence-electron chi connectivity index (χ0n) is 11.6. The number of carbonyl (C=O) groups excluding carboxylic acids is 1. The molecular formula is C15H19FN2O2. The monoisotopic (exact) mass is 278 g/mol. The van der Waals surface area contributed by atoms with Crippen molar-refractivity contribution in [2.24, 2.45) is 0 Å². The van der Waals surface area contributed by atoms with Gasteiger partial charge in [0, 0.05) is 25.9 Å². The largest absolute Gasteiger partial charge is 0.441 e. The first-order valence-electron chi connectivity index (χ1n) is 7.00. The summed E-state index contributed by atoms with van der Waals surface area (Å²) in [4.78, 5) is 13.9. The van der Waals surface area contributed by atoms with Gasteiger partial charge < -0.3 is 15.0 Å². The Morgan fingerprint density at radius 1 is 1.35 bits per heavy atom. The van der Waals surface area contributed by atoms with Crippen molar-refractivity contribution in [2.45, 2.75) is 30.9 Å². The van der Waals surface area contributed by atoms with Crippen molar-refractivity contribution < 1.29 is 13.9 Å². The van der Waals surface area contributed by atoms with Crippen molar-refractivity contribution in [1.29, 1.82) is 0 Å². The van der Waals surface area contributed by atoms with Gasteiger partial charge in [0.1, 0.15) is 11.4 Å². The third-order valence-corrected chi connectivity index (χ3v) is 4.41. The minimum atomic E-state index is -0.405. The fourth-order valence-electron chi connectivity index (χ4n) is 3.10. The van der Waals surface area contributed by atoms with Crippen LogP contribution in [0.3, 0.4) is 0 Å². The zero-order chi connectivity index (χ0) is 14.2. The molecule has 1 atom stereocenters. The molecule has 0 aromatic heterocycles. The zero-order valence-corrected chi connectivity index (χ0v) is 11.6. The third-order valence-electron chi connectivity index (χ3n) is 4.41. The summed E-state index contributed by atoms with van der Waals surface area (Å²) in [6, 6.07) is 6.40. The smallest absolute Gasteiger partial charge is 0.408 e. The molecule has 0 aliphatic carbocycles. The predicted octanol–water partition coefficient (Wildman–Crippen LogP) is 1.94. The summed E-state index contributed by atoms with van der Waals surface area (Å²) in [5, 5.41) is 2.92. The Labute approximate surface area is 117 Å². The van der Waals surface area contributed by atoms with E-state index in [9.17, 15) is 9.18 Å². The highest BCUT2D eigenvalue weighted by Crippen LogP contribution is 2.35. The Kier molecular flexibility index (Phi) is 3.38. The lowest BCUT2D eigenvalue weighted by Crippen LogP contribution is -2.51. The number of benzene rings is 1. The van der Waals surface area contributed by atoms with E-state index >= 15 is 0 Å². The van der Waals surface area contributed by atoms with E-state index in [-0.39, 0.29) is 18.0 Å². The molecule has 1 spiro atoms. The van der Waals surface area contributed by atoms with Crippen LogP contribution < -0.4 is 5.32 Å². The Morgan fingerprint density at radius 3 is 2.65 bits per heavy atom. The molecule has 0 radical (unpaired) electrons. The normalized spacial score (nSPS) is 25.5. The highest BCUT2D eigenvalue weighted by atomic mass is 19.1. The van der Waals surface area contributed by atoms with Crippen molar-refractivity contribution in [1.82, 2.24) is 10.2 Å². The fourth-order valence-corrected chi connectivity index (χ4v) is 3.10. The first-order valence-corrected chi connectivity index (χ1v) is 7.00. The number of nitrogens with one attached hydrogen (secondary N) is 1. The van der Waals surface area contributed by atoms with Crippen LogP contribution >= 0.6 is 0 Å². The molecule has 2 aliphatic heterocycles. The molecule has 20 heavy (non-hydrogen) atoms. The Balaban J connectivity index is 1.76. The Morgan fingerprint density at radius 2 is 2.00 bits per heavy atom. The van der Waals surface area contributed by atoms with E-state index in [0.29, 0.717) is 6.42 Å². The molecule has 1 N–H and O–H groups in total. The van der Waals surface area contributed by atoms with E-state index in [2.05, 4.69) is 17.3 Å². The van der Waals surface area contributed by atoms with Crippen LogP contribution in [0, 0.1) is 5.82 Å². The summed E-state index contributed by atoms with van der Waals surface area (Å²) in [5.74, 6) is -0.241. The second-order valence-corrected chi connectivity index (χ2v) is 5.79. The van der Waals surface area contributed by atoms with E-state index in [1.165, 1.54) is 12.1 Å². The molecule has 1 aromatic carbocycles. The van der Waals surface area contributed by atoms with Crippen molar-refractivity contribution in [3.8, 4) is 0 Å². The van der Waals surface area contributed by atoms with Crippen LogP contribution in [-0.4, -0.2) is 42.8 Å². The summed E-state index contributed by atoms with van der Waals surface area (Å²) < 4.78 is 18.5. The molecule has 2 saturated heterocycles. The minimum absolute atomic E-state index is 0.0332. The van der Waals surface area contributed by atoms with Crippen LogP contribution in [0.4, 0.5) is 9.18 Å². The van der Waals surface area contributed by atoms with Gasteiger partial charge in [-0.2, -0.15) is 0 Å². The van der Waals surface area contributed by atoms with E-state index in [1.54, 1.807) is 12.1 Å². The van der Waals surface area contributed by atoms with Crippen LogP contribution in [0.25, 0.3) is 0 Å². The predicted molar refractivity (Wildman–Crippen MR) is 73.0 cm³/mol. The van der Waals surface area contributed by atoms with Crippen LogP contribution in [0.15, 0.2) is 24.3 Å². The summed E-state index contributed by atoms with van der Waals surface area (Å²) >= 11 is 0. The van der Waals surface area contributed by atoms with E-state index < -0.39 is 5.60 Å². The summed E-state index contributed by atoms with van der Waals surface area (Å²) in [6.07, 6.45) is 2.03. The van der Waals surface area contributed by atoms with Gasteiger partial charge in [-0.1, -0.05) is 12.1 Å². The van der Waals surface area contributed by atoms with Gasteiger partial charge in [0.05, 0.1) is 6.04 Å². The van der Waals surface area contributed by atoms with Crippen LogP contribution in [-0.2, 0) is 11.2 Å². The Bertz CT molecular complexity index is 495. The molecule has 2 fully saturated rings. The van der Waals surface area contributed by atoms with Gasteiger partial charge >= 0.3 is 6.09 Å². The lowest BCUT2D eigenvalue weighted by atomic mass is 9.82. The average molecular weight is 278 g/mol. The topological polar surface area (TPSA) is 41.6 Å². The van der Waals surface area contributed by atoms with Crippen molar-refractivity contribution in [3.63, 3.8) is 0 Å². The second-order valence-electron chi connectivity index (χ2n) is 5.79. The minimum Gasteiger partial charge on any atom is -0.441 e. The van der Waals surface area contributed by atoms with Gasteiger partial charge in [0.25, 0.3) is 0 Å². The maximum atomic E-state index is 13.0. The maximum absolute atomic E-state index is 13.0. The van der Waals surface area contributed by atoms with Crippen LogP contribution in [0.5, 0.6) is 0 Å². The van der Waals surface area contributed by atoms with Crippen molar-refractivity contribution >= 4 is 6.09 Å². The van der Waals surface area contributed by atoms with Crippen LogP contribution in [0.1, 0.15) is 18.4 Å². The quantitative estimate of drug-likeness (QED) is 0.899. The highest BCUT2D eigenvalue weighted by Gasteiger charge is 2.49. The number of hydrogen-bond donors (Lipinski definition) is 1. The maximum Gasteiger partial charge on any atom is 0.408 e. The molecular weight excluding hydrogens is 259 g/mol. The number of carbonyl (C=O) groups is 1. The number of alkyl carbamates (subject to hydrolysis) is 1. The van der Waals surface area contributed by atoms with E-state index in [0.717, 1.165) is 31.5 Å². The number of halogens is 1. The average Bonchev–Trinajstić information content (AvgIpc) is 2.72. The van der Waals surface area contributed by atoms with E-state index in [1.807, 2.05) is 0 Å². The SMILES string of the molecule is CN1CCC2(CC1)OC(=O)NC2Cc1ccc(F)cc1. The van der Waals surface area contributed by atoms with Crippen LogP contribution in [0.2, 0.25) is 0 Å². The molecule has 3 rings (SSSR count). The number of likely N-dealkylation sites (tertiary alicyclic amines) is 1. The molecule has 2 heterocycles. The molecule has 0 saturated carbocycles. The summed E-state index contributed by atoms with van der Waals surface area (Å²) in [6.45, 7) is 1.85. The lowest BCUT2D eigenvalue weighted by Gasteiger charge is -2.39. The number of amides is 1. The van der Waals surface area contributed by atoms with Crippen molar-refractivity contribution in [2.75, 3.05) is 20.1 Å². The van der Waals surface area contributed by atoms with Gasteiger partial charge in [-0.3, -0.25) is 0 Å². The third kappa shape index (κ3) is 2.50. The van der Waals surface area contributed by atoms with Gasteiger partial charge in [0.2, 0.25) is 0 Å². The molecule has 5 heteroatoms. The second kappa shape index (κ2) is 5.05. The molecule has 4 nitrogen and oxygen atoms in total. The molecule has 1 amide bonds. The standard InChI is InChI=1S/C15H19FN2O2/c1-18-8-6-15(7-9-18)13(17-14(19)20-15)10-11-2-4-12(16)5-3-11/h2-5,13H,6-10H2,1H3,(H,17,19). The molecule has 108 valence electrons. The number of nitrogens with zero attached hydrogens (tertiary/aromatic N) is 1. The number of ether oxygens (including phenoxy) is 1. The first-order chi connectivity index (χ1) is 9.57. The van der Waals surface area contributed by atoms with Gasteiger partial charge in [-0.15, -0.1) is 0 Å². The summed E-state index contributed by atoms with van der Waals surface area (Å²) in [5.41, 5.74) is 0.610. The molecule has 2 aliphatic rings. The molecule has 1 aromatic rings. The molecule has 1 unspecified atom stereocenters. The highest BCUT2D eigenvalue weighted by molar-refractivity contribution is 5.71. The van der Waals surface area contributed by atoms with Gasteiger partial charge in [-0.05, 0) is 31.2 Å². The number of hydrogen-bond acceptors (Lipinski definition) is 3. The number of piperidine rings is 1. The van der Waals surface area contributed by atoms with Crippen molar-refractivity contribution in [3.05, 3.63) is 35.6 Å². The Hall–Kier alpha value is -1.62. The van der Waals surface area contributed by atoms with E-state index in [4.69, 9.17) is 4.74 Å².